The van der Waals surface area contributed by atoms with Gasteiger partial charge in [0.05, 0.1) is 53.6 Å². The highest BCUT2D eigenvalue weighted by Gasteiger charge is 2.49. The summed E-state index contributed by atoms with van der Waals surface area (Å²) < 4.78 is 99.8. The lowest BCUT2D eigenvalue weighted by Gasteiger charge is -2.30. The first-order chi connectivity index (χ1) is 27.7. The van der Waals surface area contributed by atoms with Crippen LogP contribution in [0.4, 0.5) is 27.8 Å². The van der Waals surface area contributed by atoms with Crippen LogP contribution in [-0.4, -0.2) is 72.1 Å². The highest BCUT2D eigenvalue weighted by atomic mass is 35.5. The molecule has 0 bridgehead atoms. The number of aryl methyl sites for hydroxylation is 1. The van der Waals surface area contributed by atoms with Crippen LogP contribution in [0, 0.1) is 18.7 Å². The molecule has 0 aliphatic carbocycles. The lowest BCUT2D eigenvalue weighted by Crippen LogP contribution is -2.43. The van der Waals surface area contributed by atoms with Gasteiger partial charge in [-0.25, -0.2) is 13.8 Å². The molecule has 0 amide bonds. The zero-order valence-electron chi connectivity index (χ0n) is 32.9. The number of methoxy groups -OCH3 is 2. The van der Waals surface area contributed by atoms with E-state index in [1.165, 1.54) is 19.1 Å². The molecule has 308 valence electrons. The summed E-state index contributed by atoms with van der Waals surface area (Å²) in [6.07, 6.45) is -4.09. The lowest BCUT2D eigenvalue weighted by atomic mass is 9.95. The summed E-state index contributed by atoms with van der Waals surface area (Å²) in [6, 6.07) is 16.9. The van der Waals surface area contributed by atoms with Gasteiger partial charge in [0.15, 0.2) is 5.82 Å². The number of halogens is 6. The lowest BCUT2D eigenvalue weighted by molar-refractivity contribution is -0.137. The van der Waals surface area contributed by atoms with E-state index in [9.17, 15) is 4.39 Å². The average Bonchev–Trinajstić information content (AvgIpc) is 3.71. The van der Waals surface area contributed by atoms with Gasteiger partial charge >= 0.3 is 12.2 Å². The zero-order chi connectivity index (χ0) is 41.4. The van der Waals surface area contributed by atoms with Crippen molar-refractivity contribution in [3.8, 4) is 34.6 Å². The van der Waals surface area contributed by atoms with E-state index in [1.54, 1.807) is 43.4 Å². The predicted octanol–water partition coefficient (Wildman–Crippen LogP) is 10.0. The van der Waals surface area contributed by atoms with Crippen molar-refractivity contribution in [2.75, 3.05) is 45.4 Å². The highest BCUT2D eigenvalue weighted by molar-refractivity contribution is 6.34. The van der Waals surface area contributed by atoms with Crippen LogP contribution in [0.15, 0.2) is 60.7 Å². The Bertz CT molecular complexity index is 2210. The van der Waals surface area contributed by atoms with Gasteiger partial charge in [-0.2, -0.15) is 23.1 Å². The third-order valence-electron chi connectivity index (χ3n) is 10.7. The Balaban J connectivity index is 1.36. The minimum absolute atomic E-state index is 0.0444. The molecule has 7 rings (SSSR count). The maximum absolute atomic E-state index is 17.3. The molecule has 3 aromatic carbocycles. The number of nitrogens with zero attached hydrogens (tertiary/aromatic N) is 5. The Labute approximate surface area is 339 Å². The Hall–Kier alpha value is -4.95. The van der Waals surface area contributed by atoms with Crippen LogP contribution in [0.2, 0.25) is 5.02 Å². The average molecular weight is 826 g/mol. The van der Waals surface area contributed by atoms with E-state index in [0.717, 1.165) is 24.1 Å². The molecule has 0 saturated carbocycles. The number of rotatable bonds is 14. The second kappa shape index (κ2) is 16.7. The molecule has 2 aliphatic heterocycles. The maximum atomic E-state index is 17.3. The summed E-state index contributed by atoms with van der Waals surface area (Å²) >= 11 is 6.79. The summed E-state index contributed by atoms with van der Waals surface area (Å²) in [5, 5.41) is -0.296. The molecular formula is C43H45ClF5N5O4. The van der Waals surface area contributed by atoms with E-state index >= 15 is 17.6 Å². The van der Waals surface area contributed by atoms with E-state index in [4.69, 9.17) is 30.5 Å². The van der Waals surface area contributed by atoms with E-state index in [-0.39, 0.29) is 77.8 Å². The molecule has 0 spiro atoms. The molecule has 0 N–H and O–H groups in total. The molecular weight excluding hydrogens is 781 g/mol. The summed E-state index contributed by atoms with van der Waals surface area (Å²) in [4.78, 5) is 17.3. The Morgan fingerprint density at radius 3 is 2.16 bits per heavy atom. The van der Waals surface area contributed by atoms with Crippen LogP contribution in [0.3, 0.4) is 0 Å². The molecule has 15 heteroatoms. The normalized spacial score (nSPS) is 18.2. The van der Waals surface area contributed by atoms with Crippen molar-refractivity contribution in [3.05, 3.63) is 93.8 Å². The largest absolute Gasteiger partial charge is 0.497 e. The molecule has 2 fully saturated rings. The molecule has 0 radical (unpaired) electrons. The topological polar surface area (TPSA) is 82.1 Å². The van der Waals surface area contributed by atoms with Crippen LogP contribution in [0.1, 0.15) is 55.4 Å². The van der Waals surface area contributed by atoms with Crippen molar-refractivity contribution in [2.24, 2.45) is 5.92 Å². The van der Waals surface area contributed by atoms with Crippen molar-refractivity contribution in [2.45, 2.75) is 71.0 Å². The number of anilines is 1. The van der Waals surface area contributed by atoms with E-state index in [0.29, 0.717) is 24.5 Å². The van der Waals surface area contributed by atoms with Gasteiger partial charge in [-0.05, 0) is 85.3 Å². The highest BCUT2D eigenvalue weighted by Crippen LogP contribution is 2.46. The number of fused-ring (bicyclic) bond motifs is 2. The van der Waals surface area contributed by atoms with Crippen LogP contribution >= 0.6 is 11.6 Å². The summed E-state index contributed by atoms with van der Waals surface area (Å²) in [5.74, 6) is 0.276. The van der Waals surface area contributed by atoms with Gasteiger partial charge in [0, 0.05) is 26.1 Å². The van der Waals surface area contributed by atoms with Gasteiger partial charge in [0.2, 0.25) is 5.88 Å². The smallest absolute Gasteiger partial charge is 0.418 e. The molecule has 58 heavy (non-hydrogen) atoms. The molecule has 0 unspecified atom stereocenters. The first kappa shape index (κ1) is 41.2. The Morgan fingerprint density at radius 1 is 0.931 bits per heavy atom. The number of hydrogen-bond donors (Lipinski definition) is 0. The number of alkyl halides is 4. The van der Waals surface area contributed by atoms with Crippen LogP contribution < -0.4 is 23.8 Å². The quantitative estimate of drug-likeness (QED) is 0.102. The van der Waals surface area contributed by atoms with Crippen molar-refractivity contribution in [3.63, 3.8) is 0 Å². The summed E-state index contributed by atoms with van der Waals surface area (Å²) in [5.41, 5.74) is -1.89. The zero-order valence-corrected chi connectivity index (χ0v) is 33.7. The minimum atomic E-state index is -4.94. The van der Waals surface area contributed by atoms with E-state index in [1.807, 2.05) is 38.1 Å². The molecule has 2 atom stereocenters. The number of benzene rings is 3. The second-order valence-electron chi connectivity index (χ2n) is 15.4. The molecule has 5 aromatic rings. The molecule has 2 aromatic heterocycles. The summed E-state index contributed by atoms with van der Waals surface area (Å²) in [6.45, 7) is 6.86. The minimum Gasteiger partial charge on any atom is -0.497 e. The fourth-order valence-electron chi connectivity index (χ4n) is 7.91. The van der Waals surface area contributed by atoms with Gasteiger partial charge in [-0.15, -0.1) is 0 Å². The monoisotopic (exact) mass is 825 g/mol. The van der Waals surface area contributed by atoms with E-state index < -0.39 is 40.5 Å². The Morgan fingerprint density at radius 2 is 1.57 bits per heavy atom. The molecule has 2 saturated heterocycles. The van der Waals surface area contributed by atoms with Gasteiger partial charge < -0.3 is 23.8 Å². The predicted molar refractivity (Wildman–Crippen MR) is 212 cm³/mol. The van der Waals surface area contributed by atoms with Crippen LogP contribution in [0.25, 0.3) is 22.2 Å². The number of ether oxygens (including phenoxy) is 4. The van der Waals surface area contributed by atoms with Crippen molar-refractivity contribution < 1.29 is 40.9 Å². The maximum Gasteiger partial charge on any atom is 0.418 e. The fraction of sp³-hybridized carbons (Fsp3) is 0.419. The van der Waals surface area contributed by atoms with Crippen LogP contribution in [-0.2, 0) is 19.3 Å². The fourth-order valence-corrected chi connectivity index (χ4v) is 8.19. The van der Waals surface area contributed by atoms with Gasteiger partial charge in [-0.1, -0.05) is 49.7 Å². The SMILES string of the molecule is COc1ccc(CN(Cc2ccc(OC)cc2)c2cc(C)c(C(F)(F)F)c(-c3c(Cl)cc4c(OCC(C)C)nc(OC[C@@]56CCCN5C[C@H](F)C6)nc4c3F)n2)cc1. The second-order valence-corrected chi connectivity index (χ2v) is 15.8. The number of aromatic nitrogens is 3. The molecule has 2 aliphatic rings. The van der Waals surface area contributed by atoms with Gasteiger partial charge in [-0.3, -0.25) is 4.90 Å². The van der Waals surface area contributed by atoms with Crippen molar-refractivity contribution in [1.29, 1.82) is 0 Å². The third-order valence-corrected chi connectivity index (χ3v) is 11.0. The van der Waals surface area contributed by atoms with Gasteiger partial charge in [0.1, 0.15) is 35.6 Å². The van der Waals surface area contributed by atoms with Gasteiger partial charge in [0.25, 0.3) is 0 Å². The number of hydrogen-bond acceptors (Lipinski definition) is 9. The molecule has 9 nitrogen and oxygen atoms in total. The van der Waals surface area contributed by atoms with Crippen LogP contribution in [0.5, 0.6) is 23.4 Å². The molecule has 4 heterocycles. The van der Waals surface area contributed by atoms with E-state index in [2.05, 4.69) is 19.9 Å². The first-order valence-corrected chi connectivity index (χ1v) is 19.5. The third kappa shape index (κ3) is 8.58. The first-order valence-electron chi connectivity index (χ1n) is 19.1. The summed E-state index contributed by atoms with van der Waals surface area (Å²) in [7, 11) is 3.11. The standard InChI is InChI=1S/C43H45ClF5N5O4/c1-25(2)23-57-40-32-18-33(44)35(37(46)38(32)51-41(52-40)58-24-42-15-6-16-54(42)22-29(45)19-42)39-36(43(47,48)49)26(3)17-34(50-39)53(20-27-7-11-30(55-4)12-8-27)21-28-9-13-31(56-5)14-10-28/h7-14,17-18,25,29H,6,15-16,19-24H2,1-5H3/t29-,42+/m1/s1. The van der Waals surface area contributed by atoms with Crippen molar-refractivity contribution in [1.82, 2.24) is 19.9 Å². The number of pyridine rings is 1. The van der Waals surface area contributed by atoms with Crippen molar-refractivity contribution >= 4 is 28.3 Å². The Kier molecular flexibility index (Phi) is 11.9.